The molecule has 0 amide bonds. The standard InChI is InChI=1S/C27H32O2Si/c1-4-18-28-20-27(21-29-30(2,3)19-22-12-6-5-7-13-22)25-16-10-8-14-23(25)24-15-9-11-17-26(24)27/h5-17H,4,18-21H2,1-3H3. The molecular weight excluding hydrogens is 384 g/mol. The fourth-order valence-electron chi connectivity index (χ4n) is 4.62. The van der Waals surface area contributed by atoms with Gasteiger partial charge >= 0.3 is 0 Å². The molecule has 1 aliphatic rings. The van der Waals surface area contributed by atoms with Gasteiger partial charge < -0.3 is 9.16 Å². The summed E-state index contributed by atoms with van der Waals surface area (Å²) in [5.41, 5.74) is 6.43. The molecule has 3 aromatic rings. The van der Waals surface area contributed by atoms with Crippen molar-refractivity contribution in [2.24, 2.45) is 0 Å². The van der Waals surface area contributed by atoms with Crippen molar-refractivity contribution in [3.8, 4) is 11.1 Å². The van der Waals surface area contributed by atoms with Gasteiger partial charge in [0.15, 0.2) is 8.32 Å². The van der Waals surface area contributed by atoms with Gasteiger partial charge in [-0.3, -0.25) is 0 Å². The van der Waals surface area contributed by atoms with Crippen LogP contribution in [0.2, 0.25) is 13.1 Å². The molecule has 1 aliphatic carbocycles. The van der Waals surface area contributed by atoms with E-state index >= 15 is 0 Å². The van der Waals surface area contributed by atoms with Gasteiger partial charge in [-0.1, -0.05) is 85.8 Å². The first kappa shape index (κ1) is 21.0. The third-order valence-electron chi connectivity index (χ3n) is 6.05. The Labute approximate surface area is 182 Å². The normalized spacial score (nSPS) is 14.4. The smallest absolute Gasteiger partial charge is 0.191 e. The van der Waals surface area contributed by atoms with Gasteiger partial charge in [0.25, 0.3) is 0 Å². The van der Waals surface area contributed by atoms with E-state index in [9.17, 15) is 0 Å². The highest BCUT2D eigenvalue weighted by Gasteiger charge is 2.44. The van der Waals surface area contributed by atoms with Gasteiger partial charge in [0.2, 0.25) is 0 Å². The Morgan fingerprint density at radius 1 is 0.733 bits per heavy atom. The van der Waals surface area contributed by atoms with Crippen LogP contribution in [0.4, 0.5) is 0 Å². The Kier molecular flexibility index (Phi) is 6.23. The lowest BCUT2D eigenvalue weighted by Crippen LogP contribution is -2.43. The molecule has 0 fully saturated rings. The van der Waals surface area contributed by atoms with E-state index in [-0.39, 0.29) is 5.41 Å². The molecule has 0 spiro atoms. The quantitative estimate of drug-likeness (QED) is 0.297. The van der Waals surface area contributed by atoms with E-state index in [1.54, 1.807) is 0 Å². The Balaban J connectivity index is 1.67. The highest BCUT2D eigenvalue weighted by Crippen LogP contribution is 2.49. The maximum Gasteiger partial charge on any atom is 0.191 e. The highest BCUT2D eigenvalue weighted by molar-refractivity contribution is 6.70. The van der Waals surface area contributed by atoms with E-state index in [2.05, 4.69) is 98.9 Å². The Bertz CT molecular complexity index is 935. The molecule has 0 aromatic heterocycles. The summed E-state index contributed by atoms with van der Waals surface area (Å²) in [6.07, 6.45) is 1.02. The van der Waals surface area contributed by atoms with Crippen LogP contribution in [0.25, 0.3) is 11.1 Å². The molecule has 0 aliphatic heterocycles. The van der Waals surface area contributed by atoms with Crippen LogP contribution in [0.1, 0.15) is 30.0 Å². The SMILES string of the molecule is CCCOCC1(CO[Si](C)(C)Cc2ccccc2)c2ccccc2-c2ccccc21. The predicted octanol–water partition coefficient (Wildman–Crippen LogP) is 6.38. The average molecular weight is 417 g/mol. The minimum absolute atomic E-state index is 0.247. The van der Waals surface area contributed by atoms with Crippen molar-refractivity contribution in [3.63, 3.8) is 0 Å². The van der Waals surface area contributed by atoms with Gasteiger partial charge in [0.1, 0.15) is 0 Å². The molecule has 0 N–H and O–H groups in total. The minimum atomic E-state index is -1.90. The molecule has 0 unspecified atom stereocenters. The lowest BCUT2D eigenvalue weighted by Gasteiger charge is -2.35. The second-order valence-electron chi connectivity index (χ2n) is 8.94. The highest BCUT2D eigenvalue weighted by atomic mass is 28.4. The average Bonchev–Trinajstić information content (AvgIpc) is 3.04. The number of hydrogen-bond donors (Lipinski definition) is 0. The summed E-state index contributed by atoms with van der Waals surface area (Å²) in [5.74, 6) is 0. The minimum Gasteiger partial charge on any atom is -0.416 e. The van der Waals surface area contributed by atoms with Crippen molar-refractivity contribution >= 4 is 8.32 Å². The number of rotatable bonds is 9. The van der Waals surface area contributed by atoms with Crippen molar-refractivity contribution in [2.45, 2.75) is 37.9 Å². The van der Waals surface area contributed by atoms with Crippen LogP contribution in [0.15, 0.2) is 78.9 Å². The van der Waals surface area contributed by atoms with Crippen molar-refractivity contribution in [1.82, 2.24) is 0 Å². The topological polar surface area (TPSA) is 18.5 Å². The number of benzene rings is 3. The van der Waals surface area contributed by atoms with Crippen molar-refractivity contribution < 1.29 is 9.16 Å². The molecule has 0 saturated heterocycles. The Morgan fingerprint density at radius 2 is 1.30 bits per heavy atom. The maximum atomic E-state index is 6.82. The second-order valence-corrected chi connectivity index (χ2v) is 13.1. The first-order valence-electron chi connectivity index (χ1n) is 11.0. The lowest BCUT2D eigenvalue weighted by atomic mass is 9.79. The molecule has 0 saturated carbocycles. The third kappa shape index (κ3) is 4.15. The molecule has 0 atom stereocenters. The van der Waals surface area contributed by atoms with Crippen molar-refractivity contribution in [1.29, 1.82) is 0 Å². The number of fused-ring (bicyclic) bond motifs is 3. The molecule has 3 heteroatoms. The zero-order valence-corrected chi connectivity index (χ0v) is 19.4. The van der Waals surface area contributed by atoms with Gasteiger partial charge in [0.05, 0.1) is 12.0 Å². The van der Waals surface area contributed by atoms with E-state index < -0.39 is 8.32 Å². The molecule has 0 bridgehead atoms. The number of ether oxygens (including phenoxy) is 1. The fourth-order valence-corrected chi connectivity index (χ4v) is 6.57. The van der Waals surface area contributed by atoms with E-state index in [0.29, 0.717) is 13.2 Å². The van der Waals surface area contributed by atoms with E-state index in [1.807, 2.05) is 0 Å². The fraction of sp³-hybridized carbons (Fsp3) is 0.333. The molecule has 4 rings (SSSR count). The summed E-state index contributed by atoms with van der Waals surface area (Å²) < 4.78 is 13.0. The zero-order valence-electron chi connectivity index (χ0n) is 18.4. The van der Waals surface area contributed by atoms with Gasteiger partial charge in [0, 0.05) is 13.2 Å². The van der Waals surface area contributed by atoms with Crippen LogP contribution in [0.3, 0.4) is 0 Å². The molecule has 30 heavy (non-hydrogen) atoms. The van der Waals surface area contributed by atoms with Crippen LogP contribution in [0, 0.1) is 0 Å². The summed E-state index contributed by atoms with van der Waals surface area (Å²) >= 11 is 0. The zero-order chi connectivity index (χ0) is 21.0. The van der Waals surface area contributed by atoms with Gasteiger partial charge in [-0.25, -0.2) is 0 Å². The molecule has 0 radical (unpaired) electrons. The largest absolute Gasteiger partial charge is 0.416 e. The van der Waals surface area contributed by atoms with Gasteiger partial charge in [-0.05, 0) is 53.4 Å². The Hall–Kier alpha value is -2.20. The summed E-state index contributed by atoms with van der Waals surface area (Å²) in [7, 11) is -1.90. The summed E-state index contributed by atoms with van der Waals surface area (Å²) in [4.78, 5) is 0. The van der Waals surface area contributed by atoms with Crippen LogP contribution in [-0.4, -0.2) is 28.1 Å². The second kappa shape index (κ2) is 8.89. The predicted molar refractivity (Wildman–Crippen MR) is 127 cm³/mol. The van der Waals surface area contributed by atoms with E-state index in [4.69, 9.17) is 9.16 Å². The Morgan fingerprint density at radius 3 is 1.90 bits per heavy atom. The third-order valence-corrected chi connectivity index (χ3v) is 8.24. The molecule has 3 aromatic carbocycles. The first-order chi connectivity index (χ1) is 14.6. The monoisotopic (exact) mass is 416 g/mol. The van der Waals surface area contributed by atoms with Crippen LogP contribution < -0.4 is 0 Å². The van der Waals surface area contributed by atoms with Gasteiger partial charge in [-0.2, -0.15) is 0 Å². The van der Waals surface area contributed by atoms with E-state index in [1.165, 1.54) is 27.8 Å². The summed E-state index contributed by atoms with van der Waals surface area (Å²) in [6.45, 7) is 8.91. The summed E-state index contributed by atoms with van der Waals surface area (Å²) in [5, 5.41) is 0. The molecule has 156 valence electrons. The molecular formula is C27H32O2Si. The lowest BCUT2D eigenvalue weighted by molar-refractivity contribution is 0.0739. The maximum absolute atomic E-state index is 6.82. The van der Waals surface area contributed by atoms with Crippen molar-refractivity contribution in [2.75, 3.05) is 19.8 Å². The molecule has 2 nitrogen and oxygen atoms in total. The van der Waals surface area contributed by atoms with Crippen molar-refractivity contribution in [3.05, 3.63) is 95.6 Å². The van der Waals surface area contributed by atoms with Crippen LogP contribution in [-0.2, 0) is 20.6 Å². The van der Waals surface area contributed by atoms with Gasteiger partial charge in [-0.15, -0.1) is 0 Å². The van der Waals surface area contributed by atoms with Crippen LogP contribution in [0.5, 0.6) is 0 Å². The van der Waals surface area contributed by atoms with Crippen LogP contribution >= 0.6 is 0 Å². The van der Waals surface area contributed by atoms with E-state index in [0.717, 1.165) is 19.1 Å². The number of hydrogen-bond acceptors (Lipinski definition) is 2. The first-order valence-corrected chi connectivity index (χ1v) is 14.1. The molecule has 0 heterocycles. The summed E-state index contributed by atoms with van der Waals surface area (Å²) in [6, 6.07) is 29.3.